The summed E-state index contributed by atoms with van der Waals surface area (Å²) in [7, 11) is 5.90. The standard InChI is InChI=1S/C80H123NO8/c1-6-8-10-12-14-16-18-20-22-24-26-28-30-32-33-34-35-36-37-38-39-40-41-42-43-44-45-47-49-51-53-55-57-59-61-63-65-67-69-71-78(83)89-76(75-88-80(79(84)85)86-73-72-81(3,4)5)74-87-77(82)70-68-66-64-62-60-58-56-54-52-50-48-46-31-29-27-25-23-21-19-17-15-13-11-9-7-2/h8-11,14-17,20-23,26-29,32-33,35-36,38-39,41-42,44-46,48-49,51-52,54-55,57,76,80H,6-7,12-13,18-19,24-25,30-31,34,37,40,43,47,50,53,56,58-75H2,1-5H3/b10-8-,11-9-,16-14-,17-15-,22-20-,23-21-,28-26-,29-27-,33-32-,36-35-,39-38-,42-41-,45-44-,48-46-,51-49-,54-52-,57-55-. The Hall–Kier alpha value is -6.13. The van der Waals surface area contributed by atoms with E-state index in [0.717, 1.165) is 180 Å². The molecule has 0 aromatic rings. The van der Waals surface area contributed by atoms with Crippen molar-refractivity contribution in [3.8, 4) is 0 Å². The number of ether oxygens (including phenoxy) is 4. The molecule has 0 rings (SSSR count). The molecule has 2 atom stereocenters. The van der Waals surface area contributed by atoms with Gasteiger partial charge >= 0.3 is 11.9 Å². The molecule has 0 spiro atoms. The number of hydrogen-bond acceptors (Lipinski definition) is 8. The first kappa shape index (κ1) is 82.9. The van der Waals surface area contributed by atoms with E-state index >= 15 is 0 Å². The van der Waals surface area contributed by atoms with E-state index in [9.17, 15) is 19.5 Å². The number of carbonyl (C=O) groups is 3. The molecule has 0 amide bonds. The Balaban J connectivity index is 4.30. The van der Waals surface area contributed by atoms with Crippen molar-refractivity contribution in [1.29, 1.82) is 0 Å². The minimum atomic E-state index is -1.65. The molecule has 0 saturated heterocycles. The second-order valence-electron chi connectivity index (χ2n) is 23.0. The minimum absolute atomic E-state index is 0.128. The molecule has 0 fully saturated rings. The number of allylic oxidation sites excluding steroid dienone is 34. The van der Waals surface area contributed by atoms with Gasteiger partial charge in [-0.2, -0.15) is 0 Å². The zero-order valence-electron chi connectivity index (χ0n) is 56.5. The van der Waals surface area contributed by atoms with Crippen LogP contribution >= 0.6 is 0 Å². The Morgan fingerprint density at radius 1 is 0.337 bits per heavy atom. The first-order chi connectivity index (χ1) is 43.6. The summed E-state index contributed by atoms with van der Waals surface area (Å²) in [4.78, 5) is 37.5. The molecule has 0 aliphatic rings. The van der Waals surface area contributed by atoms with E-state index < -0.39 is 24.3 Å². The van der Waals surface area contributed by atoms with Crippen LogP contribution in [0.1, 0.15) is 219 Å². The molecule has 0 N–H and O–H groups in total. The summed E-state index contributed by atoms with van der Waals surface area (Å²) in [5.41, 5.74) is 0. The fourth-order valence-electron chi connectivity index (χ4n) is 8.37. The average molecular weight is 1230 g/mol. The maximum atomic E-state index is 12.9. The Kier molecular flexibility index (Phi) is 63.1. The molecule has 9 heteroatoms. The molecule has 0 aliphatic heterocycles. The summed E-state index contributed by atoms with van der Waals surface area (Å²) in [6, 6.07) is 0. The summed E-state index contributed by atoms with van der Waals surface area (Å²) in [5.74, 6) is -2.36. The van der Waals surface area contributed by atoms with Gasteiger partial charge in [0.2, 0.25) is 0 Å². The molecule has 89 heavy (non-hydrogen) atoms. The molecule has 0 aromatic heterocycles. The van der Waals surface area contributed by atoms with Crippen LogP contribution in [-0.2, 0) is 33.3 Å². The van der Waals surface area contributed by atoms with Gasteiger partial charge in [0.15, 0.2) is 12.4 Å². The van der Waals surface area contributed by atoms with Crippen molar-refractivity contribution < 1.29 is 42.9 Å². The molecule has 496 valence electrons. The second-order valence-corrected chi connectivity index (χ2v) is 23.0. The van der Waals surface area contributed by atoms with Gasteiger partial charge in [0, 0.05) is 12.8 Å². The van der Waals surface area contributed by atoms with Gasteiger partial charge < -0.3 is 33.3 Å². The Labute approximate surface area is 544 Å². The first-order valence-electron chi connectivity index (χ1n) is 34.2. The highest BCUT2D eigenvalue weighted by Gasteiger charge is 2.22. The van der Waals surface area contributed by atoms with E-state index in [4.69, 9.17) is 18.9 Å². The van der Waals surface area contributed by atoms with Gasteiger partial charge in [-0.25, -0.2) is 0 Å². The number of rotatable bonds is 60. The smallest absolute Gasteiger partial charge is 0.306 e. The van der Waals surface area contributed by atoms with Gasteiger partial charge in [0.25, 0.3) is 0 Å². The van der Waals surface area contributed by atoms with Crippen LogP contribution in [-0.4, -0.2) is 82.3 Å². The van der Waals surface area contributed by atoms with Crippen molar-refractivity contribution in [2.45, 2.75) is 232 Å². The summed E-state index contributed by atoms with van der Waals surface area (Å²) in [5, 5.41) is 11.8. The van der Waals surface area contributed by atoms with Crippen LogP contribution in [0.4, 0.5) is 0 Å². The lowest BCUT2D eigenvalue weighted by Gasteiger charge is -2.26. The first-order valence-corrected chi connectivity index (χ1v) is 34.2. The Morgan fingerprint density at radius 3 is 0.899 bits per heavy atom. The van der Waals surface area contributed by atoms with Crippen LogP contribution in [0.3, 0.4) is 0 Å². The summed E-state index contributed by atoms with van der Waals surface area (Å²) < 4.78 is 22.7. The molecular weight excluding hydrogens is 1100 g/mol. The highest BCUT2D eigenvalue weighted by atomic mass is 16.7. The van der Waals surface area contributed by atoms with Crippen molar-refractivity contribution in [2.24, 2.45) is 0 Å². The number of carboxylic acid groups (broad SMARTS) is 1. The topological polar surface area (TPSA) is 111 Å². The van der Waals surface area contributed by atoms with E-state index in [2.05, 4.69) is 220 Å². The number of nitrogens with zero attached hydrogens (tertiary/aromatic N) is 1. The number of unbranched alkanes of at least 4 members (excludes halogenated alkanes) is 11. The lowest BCUT2D eigenvalue weighted by molar-refractivity contribution is -0.870. The second kappa shape index (κ2) is 67.8. The largest absolute Gasteiger partial charge is 0.545 e. The summed E-state index contributed by atoms with van der Waals surface area (Å²) in [6.07, 6.45) is 103. The maximum absolute atomic E-state index is 12.9. The molecule has 2 unspecified atom stereocenters. The van der Waals surface area contributed by atoms with Crippen LogP contribution in [0, 0.1) is 0 Å². The van der Waals surface area contributed by atoms with Crippen LogP contribution in [0.15, 0.2) is 207 Å². The maximum Gasteiger partial charge on any atom is 0.306 e. The number of likely N-dealkylation sites (N-methyl/N-ethyl adjacent to an activating group) is 1. The molecule has 0 aromatic carbocycles. The van der Waals surface area contributed by atoms with Crippen molar-refractivity contribution in [3.05, 3.63) is 207 Å². The number of carboxylic acids is 1. The van der Waals surface area contributed by atoms with Crippen LogP contribution in [0.5, 0.6) is 0 Å². The number of hydrogen-bond donors (Lipinski definition) is 0. The number of carbonyl (C=O) groups excluding carboxylic acids is 3. The van der Waals surface area contributed by atoms with E-state index in [1.807, 2.05) is 21.1 Å². The number of quaternary nitrogens is 1. The fourth-order valence-corrected chi connectivity index (χ4v) is 8.37. The third-order valence-corrected chi connectivity index (χ3v) is 13.5. The minimum Gasteiger partial charge on any atom is -0.545 e. The van der Waals surface area contributed by atoms with Crippen molar-refractivity contribution >= 4 is 17.9 Å². The van der Waals surface area contributed by atoms with Gasteiger partial charge in [-0.1, -0.05) is 265 Å². The molecule has 0 heterocycles. The SMILES string of the molecule is CC/C=C\C/C=C\C/C=C\C/C=C\C/C=C\C/C=C\C/C=C\C/C=C\C/C=C\C/C=C\C/C=C\CCCCCCCC(=O)OC(COC(=O)CCCCCCCC/C=C\C/C=C\C/C=C\C/C=C\C/C=C\C/C=C\CC)COC(OCC[N+](C)(C)C)C(=O)[O-]. The average Bonchev–Trinajstić information content (AvgIpc) is 3.64. The molecular formula is C80H123NO8. The van der Waals surface area contributed by atoms with Gasteiger partial charge in [-0.05, 0) is 148 Å². The van der Waals surface area contributed by atoms with E-state index in [-0.39, 0.29) is 38.6 Å². The van der Waals surface area contributed by atoms with Crippen LogP contribution < -0.4 is 5.11 Å². The Morgan fingerprint density at radius 2 is 0.607 bits per heavy atom. The molecule has 0 radical (unpaired) electrons. The fraction of sp³-hybridized carbons (Fsp3) is 0.537. The number of esters is 2. The lowest BCUT2D eigenvalue weighted by Crippen LogP contribution is -2.44. The monoisotopic (exact) mass is 1230 g/mol. The highest BCUT2D eigenvalue weighted by molar-refractivity contribution is 5.70. The van der Waals surface area contributed by atoms with Crippen molar-refractivity contribution in [3.63, 3.8) is 0 Å². The summed E-state index contributed by atoms with van der Waals surface area (Å²) in [6.45, 7) is 4.44. The normalized spacial score (nSPS) is 14.0. The quantitative estimate of drug-likeness (QED) is 0.0195. The Bertz CT molecular complexity index is 2210. The number of aliphatic carboxylic acids is 1. The zero-order chi connectivity index (χ0) is 64.7. The third-order valence-electron chi connectivity index (χ3n) is 13.5. The lowest BCUT2D eigenvalue weighted by atomic mass is 10.1. The van der Waals surface area contributed by atoms with E-state index in [1.165, 1.54) is 0 Å². The third kappa shape index (κ3) is 69.2. The van der Waals surface area contributed by atoms with E-state index in [0.29, 0.717) is 23.9 Å². The van der Waals surface area contributed by atoms with Gasteiger partial charge in [-0.15, -0.1) is 0 Å². The summed E-state index contributed by atoms with van der Waals surface area (Å²) >= 11 is 0. The predicted molar refractivity (Wildman–Crippen MR) is 379 cm³/mol. The predicted octanol–water partition coefficient (Wildman–Crippen LogP) is 20.2. The van der Waals surface area contributed by atoms with Crippen LogP contribution in [0.25, 0.3) is 0 Å². The van der Waals surface area contributed by atoms with Crippen LogP contribution in [0.2, 0.25) is 0 Å². The van der Waals surface area contributed by atoms with Gasteiger partial charge in [0.1, 0.15) is 13.2 Å². The molecule has 0 bridgehead atoms. The highest BCUT2D eigenvalue weighted by Crippen LogP contribution is 2.13. The van der Waals surface area contributed by atoms with Crippen molar-refractivity contribution in [2.75, 3.05) is 47.5 Å². The van der Waals surface area contributed by atoms with E-state index in [1.54, 1.807) is 0 Å². The zero-order valence-corrected chi connectivity index (χ0v) is 56.5. The molecule has 0 aliphatic carbocycles. The molecule has 9 nitrogen and oxygen atoms in total. The van der Waals surface area contributed by atoms with Gasteiger partial charge in [-0.3, -0.25) is 9.59 Å². The molecule has 0 saturated carbocycles. The van der Waals surface area contributed by atoms with Gasteiger partial charge in [0.05, 0.1) is 40.3 Å². The van der Waals surface area contributed by atoms with Crippen molar-refractivity contribution in [1.82, 2.24) is 0 Å².